The molecule has 2 atom stereocenters. The second-order valence-electron chi connectivity index (χ2n) is 9.52. The average molecular weight is 487 g/mol. The molecule has 0 fully saturated rings. The van der Waals surface area contributed by atoms with Gasteiger partial charge in [-0.15, -0.1) is 0 Å². The van der Waals surface area contributed by atoms with Gasteiger partial charge in [-0.1, -0.05) is 73.7 Å². The summed E-state index contributed by atoms with van der Waals surface area (Å²) in [5.74, 6) is 0.321. The molecule has 1 N–H and O–H groups in total. The summed E-state index contributed by atoms with van der Waals surface area (Å²) < 4.78 is 6.04. The minimum atomic E-state index is -0.668. The summed E-state index contributed by atoms with van der Waals surface area (Å²) >= 11 is 0. The van der Waals surface area contributed by atoms with Crippen LogP contribution in [0.3, 0.4) is 0 Å². The lowest BCUT2D eigenvalue weighted by Gasteiger charge is -2.32. The van der Waals surface area contributed by atoms with Crippen molar-refractivity contribution in [2.24, 2.45) is 0 Å². The van der Waals surface area contributed by atoms with Gasteiger partial charge >= 0.3 is 0 Å². The molecule has 0 heterocycles. The molecule has 0 aliphatic carbocycles. The second kappa shape index (κ2) is 12.9. The van der Waals surface area contributed by atoms with Crippen molar-refractivity contribution in [2.45, 2.75) is 66.1 Å². The van der Waals surface area contributed by atoms with Gasteiger partial charge in [0.25, 0.3) is 5.91 Å². The van der Waals surface area contributed by atoms with E-state index >= 15 is 0 Å². The van der Waals surface area contributed by atoms with Crippen LogP contribution in [-0.2, 0) is 22.6 Å². The van der Waals surface area contributed by atoms with E-state index in [2.05, 4.69) is 11.4 Å². The van der Waals surface area contributed by atoms with E-state index in [0.29, 0.717) is 18.7 Å². The largest absolute Gasteiger partial charge is 0.483 e. The Balaban J connectivity index is 1.92. The standard InChI is InChI=1S/C31H38N2O3/c1-6-24(4)32-31(35)28(19-26-13-9-7-10-14-26)33(20-27-15-11-8-12-16-27)30(34)21-36-29-18-22(2)17-23(3)25(29)5/h7-18,24,28H,6,19-21H2,1-5H3,(H,32,35). The molecule has 0 saturated heterocycles. The van der Waals surface area contributed by atoms with Crippen LogP contribution in [0.15, 0.2) is 72.8 Å². The summed E-state index contributed by atoms with van der Waals surface area (Å²) in [5, 5.41) is 3.10. The first-order chi connectivity index (χ1) is 17.3. The second-order valence-corrected chi connectivity index (χ2v) is 9.52. The molecular weight excluding hydrogens is 448 g/mol. The van der Waals surface area contributed by atoms with Gasteiger partial charge in [0.15, 0.2) is 6.61 Å². The normalized spacial score (nSPS) is 12.5. The van der Waals surface area contributed by atoms with Crippen molar-refractivity contribution in [1.82, 2.24) is 10.2 Å². The molecule has 3 aromatic carbocycles. The fraction of sp³-hybridized carbons (Fsp3) is 0.355. The molecule has 2 unspecified atom stereocenters. The molecule has 0 radical (unpaired) electrons. The number of ether oxygens (including phenoxy) is 1. The molecule has 0 bridgehead atoms. The zero-order chi connectivity index (χ0) is 26.1. The Hall–Kier alpha value is -3.60. The Labute approximate surface area is 215 Å². The van der Waals surface area contributed by atoms with Crippen LogP contribution in [0.25, 0.3) is 0 Å². The van der Waals surface area contributed by atoms with E-state index in [0.717, 1.165) is 34.2 Å². The van der Waals surface area contributed by atoms with Gasteiger partial charge in [-0.25, -0.2) is 0 Å². The van der Waals surface area contributed by atoms with Crippen molar-refractivity contribution in [1.29, 1.82) is 0 Å². The fourth-order valence-corrected chi connectivity index (χ4v) is 4.15. The number of aryl methyl sites for hydroxylation is 2. The Bertz CT molecular complexity index is 1150. The minimum Gasteiger partial charge on any atom is -0.483 e. The molecule has 0 saturated carbocycles. The monoisotopic (exact) mass is 486 g/mol. The van der Waals surface area contributed by atoms with E-state index in [4.69, 9.17) is 4.74 Å². The van der Waals surface area contributed by atoms with E-state index in [-0.39, 0.29) is 24.5 Å². The van der Waals surface area contributed by atoms with Gasteiger partial charge in [0.05, 0.1) is 0 Å². The lowest BCUT2D eigenvalue weighted by Crippen LogP contribution is -2.53. The third kappa shape index (κ3) is 7.45. The number of benzene rings is 3. The Morgan fingerprint density at radius 2 is 1.53 bits per heavy atom. The van der Waals surface area contributed by atoms with Crippen molar-refractivity contribution in [3.8, 4) is 5.75 Å². The summed E-state index contributed by atoms with van der Waals surface area (Å²) in [4.78, 5) is 28.9. The lowest BCUT2D eigenvalue weighted by atomic mass is 10.0. The Kier molecular flexibility index (Phi) is 9.69. The van der Waals surface area contributed by atoms with Crippen LogP contribution in [0.4, 0.5) is 0 Å². The van der Waals surface area contributed by atoms with Crippen LogP contribution < -0.4 is 10.1 Å². The molecule has 0 spiro atoms. The maximum absolute atomic E-state index is 13.7. The van der Waals surface area contributed by atoms with Gasteiger partial charge < -0.3 is 15.0 Å². The SMILES string of the molecule is CCC(C)NC(=O)C(Cc1ccccc1)N(Cc1ccccc1)C(=O)COc1cc(C)cc(C)c1C. The van der Waals surface area contributed by atoms with Crippen LogP contribution in [0, 0.1) is 20.8 Å². The molecular formula is C31H38N2O3. The quantitative estimate of drug-likeness (QED) is 0.387. The highest BCUT2D eigenvalue weighted by molar-refractivity contribution is 5.88. The van der Waals surface area contributed by atoms with Crippen molar-refractivity contribution < 1.29 is 14.3 Å². The molecule has 36 heavy (non-hydrogen) atoms. The molecule has 5 nitrogen and oxygen atoms in total. The van der Waals surface area contributed by atoms with E-state index in [1.54, 1.807) is 4.90 Å². The summed E-state index contributed by atoms with van der Waals surface area (Å²) in [7, 11) is 0. The van der Waals surface area contributed by atoms with Gasteiger partial charge in [0, 0.05) is 19.0 Å². The highest BCUT2D eigenvalue weighted by atomic mass is 16.5. The summed E-state index contributed by atoms with van der Waals surface area (Å²) in [5.41, 5.74) is 5.17. The number of carbonyl (C=O) groups is 2. The Morgan fingerprint density at radius 1 is 0.917 bits per heavy atom. The summed E-state index contributed by atoms with van der Waals surface area (Å²) in [6.45, 7) is 10.2. The van der Waals surface area contributed by atoms with Crippen LogP contribution in [-0.4, -0.2) is 35.4 Å². The van der Waals surface area contributed by atoms with Crippen LogP contribution in [0.2, 0.25) is 0 Å². The number of hydrogen-bond donors (Lipinski definition) is 1. The third-order valence-electron chi connectivity index (χ3n) is 6.58. The summed E-state index contributed by atoms with van der Waals surface area (Å²) in [6.07, 6.45) is 1.23. The van der Waals surface area contributed by atoms with E-state index in [9.17, 15) is 9.59 Å². The van der Waals surface area contributed by atoms with E-state index < -0.39 is 6.04 Å². The molecule has 3 aromatic rings. The van der Waals surface area contributed by atoms with Gasteiger partial charge in [0.2, 0.25) is 5.91 Å². The van der Waals surface area contributed by atoms with Crippen molar-refractivity contribution in [3.05, 3.63) is 101 Å². The molecule has 3 rings (SSSR count). The smallest absolute Gasteiger partial charge is 0.261 e. The van der Waals surface area contributed by atoms with Gasteiger partial charge in [-0.2, -0.15) is 0 Å². The lowest BCUT2D eigenvalue weighted by molar-refractivity contribution is -0.143. The molecule has 2 amide bonds. The first-order valence-corrected chi connectivity index (χ1v) is 12.7. The van der Waals surface area contributed by atoms with E-state index in [1.807, 2.05) is 101 Å². The molecule has 0 aliphatic heterocycles. The summed E-state index contributed by atoms with van der Waals surface area (Å²) in [6, 6.07) is 23.0. The number of carbonyl (C=O) groups excluding carboxylic acids is 2. The van der Waals surface area contributed by atoms with Crippen molar-refractivity contribution in [2.75, 3.05) is 6.61 Å². The number of nitrogens with one attached hydrogen (secondary N) is 1. The maximum Gasteiger partial charge on any atom is 0.261 e. The first-order valence-electron chi connectivity index (χ1n) is 12.7. The fourth-order valence-electron chi connectivity index (χ4n) is 4.15. The molecule has 5 heteroatoms. The van der Waals surface area contributed by atoms with Crippen LogP contribution >= 0.6 is 0 Å². The van der Waals surface area contributed by atoms with Crippen LogP contribution in [0.1, 0.15) is 48.1 Å². The highest BCUT2D eigenvalue weighted by Crippen LogP contribution is 2.24. The van der Waals surface area contributed by atoms with Crippen molar-refractivity contribution in [3.63, 3.8) is 0 Å². The van der Waals surface area contributed by atoms with Gasteiger partial charge in [0.1, 0.15) is 11.8 Å². The maximum atomic E-state index is 13.7. The third-order valence-corrected chi connectivity index (χ3v) is 6.58. The first kappa shape index (κ1) is 27.0. The zero-order valence-electron chi connectivity index (χ0n) is 22.1. The Morgan fingerprint density at radius 3 is 2.14 bits per heavy atom. The predicted octanol–water partition coefficient (Wildman–Crippen LogP) is 5.55. The highest BCUT2D eigenvalue weighted by Gasteiger charge is 2.31. The molecule has 0 aromatic heterocycles. The number of rotatable bonds is 11. The zero-order valence-corrected chi connectivity index (χ0v) is 22.1. The topological polar surface area (TPSA) is 58.6 Å². The van der Waals surface area contributed by atoms with Crippen LogP contribution in [0.5, 0.6) is 5.75 Å². The van der Waals surface area contributed by atoms with Crippen molar-refractivity contribution >= 4 is 11.8 Å². The van der Waals surface area contributed by atoms with E-state index in [1.165, 1.54) is 0 Å². The molecule has 190 valence electrons. The van der Waals surface area contributed by atoms with Gasteiger partial charge in [-0.3, -0.25) is 9.59 Å². The minimum absolute atomic E-state index is 0.0126. The number of hydrogen-bond acceptors (Lipinski definition) is 3. The average Bonchev–Trinajstić information content (AvgIpc) is 2.88. The predicted molar refractivity (Wildman–Crippen MR) is 145 cm³/mol. The van der Waals surface area contributed by atoms with Gasteiger partial charge in [-0.05, 0) is 68.0 Å². The number of amides is 2. The molecule has 0 aliphatic rings. The number of nitrogens with zero attached hydrogens (tertiary/aromatic N) is 1.